The van der Waals surface area contributed by atoms with Gasteiger partial charge in [-0.2, -0.15) is 0 Å². The summed E-state index contributed by atoms with van der Waals surface area (Å²) in [6, 6.07) is 6.45. The van der Waals surface area contributed by atoms with Gasteiger partial charge < -0.3 is 19.8 Å². The van der Waals surface area contributed by atoms with Crippen molar-refractivity contribution in [2.75, 3.05) is 18.5 Å². The van der Waals surface area contributed by atoms with Gasteiger partial charge in [-0.25, -0.2) is 0 Å². The Labute approximate surface area is 120 Å². The van der Waals surface area contributed by atoms with Crippen LogP contribution in [0.25, 0.3) is 0 Å². The maximum Gasteiger partial charge on any atom is 0.261 e. The molecule has 0 radical (unpaired) electrons. The highest BCUT2D eigenvalue weighted by atomic mass is 16.5. The Morgan fingerprint density at radius 2 is 1.95 bits per heavy atom. The average molecular weight is 286 g/mol. The Morgan fingerprint density at radius 3 is 2.76 bits per heavy atom. The molecule has 0 aliphatic carbocycles. The Morgan fingerprint density at radius 1 is 1.14 bits per heavy atom. The van der Waals surface area contributed by atoms with E-state index in [1.54, 1.807) is 18.2 Å². The number of aromatic amines is 1. The molecule has 0 spiro atoms. The number of benzene rings is 1. The number of rotatable bonds is 2. The highest BCUT2D eigenvalue weighted by Gasteiger charge is 2.13. The number of pyridine rings is 1. The molecule has 0 saturated heterocycles. The number of hydrogen-bond donors (Lipinski definition) is 2. The lowest BCUT2D eigenvalue weighted by atomic mass is 10.2. The summed E-state index contributed by atoms with van der Waals surface area (Å²) in [5, 5.41) is 2.68. The van der Waals surface area contributed by atoms with Crippen molar-refractivity contribution in [3.8, 4) is 11.5 Å². The molecule has 2 aromatic rings. The van der Waals surface area contributed by atoms with Crippen molar-refractivity contribution in [1.82, 2.24) is 4.98 Å². The van der Waals surface area contributed by atoms with Gasteiger partial charge in [-0.3, -0.25) is 9.59 Å². The van der Waals surface area contributed by atoms with Gasteiger partial charge in [0, 0.05) is 36.6 Å². The molecule has 6 heteroatoms. The molecule has 0 fully saturated rings. The van der Waals surface area contributed by atoms with Crippen LogP contribution in [0.5, 0.6) is 11.5 Å². The zero-order valence-corrected chi connectivity index (χ0v) is 11.2. The van der Waals surface area contributed by atoms with Crippen LogP contribution in [0, 0.1) is 0 Å². The molecular formula is C15H14N2O4. The molecule has 0 saturated carbocycles. The maximum absolute atomic E-state index is 12.1. The van der Waals surface area contributed by atoms with Crippen LogP contribution < -0.4 is 20.2 Å². The van der Waals surface area contributed by atoms with Gasteiger partial charge in [0.15, 0.2) is 16.9 Å². The Kier molecular flexibility index (Phi) is 3.59. The monoisotopic (exact) mass is 286 g/mol. The average Bonchev–Trinajstić information content (AvgIpc) is 2.72. The topological polar surface area (TPSA) is 80.4 Å². The molecular weight excluding hydrogens is 272 g/mol. The minimum atomic E-state index is -0.466. The summed E-state index contributed by atoms with van der Waals surface area (Å²) in [4.78, 5) is 26.4. The van der Waals surface area contributed by atoms with E-state index < -0.39 is 5.91 Å². The van der Waals surface area contributed by atoms with Crippen LogP contribution in [-0.4, -0.2) is 24.1 Å². The Bertz CT molecular complexity index is 724. The van der Waals surface area contributed by atoms with Crippen molar-refractivity contribution < 1.29 is 14.3 Å². The number of ether oxygens (including phenoxy) is 2. The molecule has 1 aliphatic rings. The fourth-order valence-corrected chi connectivity index (χ4v) is 2.03. The van der Waals surface area contributed by atoms with Crippen molar-refractivity contribution in [3.05, 3.63) is 52.4 Å². The summed E-state index contributed by atoms with van der Waals surface area (Å²) < 4.78 is 11.1. The van der Waals surface area contributed by atoms with Crippen LogP contribution in [0.15, 0.2) is 41.5 Å². The number of nitrogens with one attached hydrogen (secondary N) is 2. The maximum atomic E-state index is 12.1. The molecule has 1 aliphatic heterocycles. The van der Waals surface area contributed by atoms with E-state index in [9.17, 15) is 9.59 Å². The largest absolute Gasteiger partial charge is 0.490 e. The number of H-pyrrole nitrogens is 1. The van der Waals surface area contributed by atoms with Gasteiger partial charge in [-0.05, 0) is 12.1 Å². The van der Waals surface area contributed by atoms with Gasteiger partial charge in [0.25, 0.3) is 5.91 Å². The molecule has 3 rings (SSSR count). The van der Waals surface area contributed by atoms with Gasteiger partial charge in [0.1, 0.15) is 5.56 Å². The molecule has 2 N–H and O–H groups in total. The quantitative estimate of drug-likeness (QED) is 0.882. The Hall–Kier alpha value is -2.76. The van der Waals surface area contributed by atoms with Crippen molar-refractivity contribution in [2.45, 2.75) is 6.42 Å². The minimum absolute atomic E-state index is 0.0598. The summed E-state index contributed by atoms with van der Waals surface area (Å²) in [6.07, 6.45) is 3.67. The van der Waals surface area contributed by atoms with Gasteiger partial charge in [0.05, 0.1) is 13.2 Å². The lowest BCUT2D eigenvalue weighted by Gasteiger charge is -2.10. The lowest BCUT2D eigenvalue weighted by Crippen LogP contribution is -2.20. The first-order valence-electron chi connectivity index (χ1n) is 6.62. The molecule has 2 heterocycles. The number of fused-ring (bicyclic) bond motifs is 1. The molecule has 0 bridgehead atoms. The van der Waals surface area contributed by atoms with Crippen LogP contribution in [0.1, 0.15) is 16.8 Å². The SMILES string of the molecule is O=C(Nc1ccc2c(c1)OCCCO2)c1c[nH]ccc1=O. The second kappa shape index (κ2) is 5.70. The first-order valence-corrected chi connectivity index (χ1v) is 6.62. The number of carbonyl (C=O) groups is 1. The second-order valence-corrected chi connectivity index (χ2v) is 4.59. The van der Waals surface area contributed by atoms with Gasteiger partial charge >= 0.3 is 0 Å². The van der Waals surface area contributed by atoms with E-state index in [0.717, 1.165) is 6.42 Å². The third-order valence-corrected chi connectivity index (χ3v) is 3.07. The molecule has 21 heavy (non-hydrogen) atoms. The molecule has 1 amide bonds. The van der Waals surface area contributed by atoms with E-state index in [0.29, 0.717) is 30.4 Å². The summed E-state index contributed by atoms with van der Waals surface area (Å²) >= 11 is 0. The first kappa shape index (κ1) is 13.2. The van der Waals surface area contributed by atoms with Crippen LogP contribution in [0.4, 0.5) is 5.69 Å². The van der Waals surface area contributed by atoms with E-state index in [1.807, 2.05) is 0 Å². The summed E-state index contributed by atoms with van der Waals surface area (Å²) in [5.74, 6) is 0.779. The number of anilines is 1. The third kappa shape index (κ3) is 2.89. The molecule has 1 aromatic carbocycles. The predicted molar refractivity (Wildman–Crippen MR) is 77.1 cm³/mol. The van der Waals surface area contributed by atoms with Crippen molar-refractivity contribution in [2.24, 2.45) is 0 Å². The standard InChI is InChI=1S/C15H14N2O4/c18-12-4-5-16-9-11(12)15(19)17-10-2-3-13-14(8-10)21-7-1-6-20-13/h2-5,8-9H,1,6-7H2,(H,16,18)(H,17,19). The molecule has 0 unspecified atom stereocenters. The number of amides is 1. The normalized spacial score (nSPS) is 13.3. The molecule has 1 aromatic heterocycles. The summed E-state index contributed by atoms with van der Waals surface area (Å²) in [6.45, 7) is 1.18. The third-order valence-electron chi connectivity index (χ3n) is 3.07. The fourth-order valence-electron chi connectivity index (χ4n) is 2.03. The molecule has 0 atom stereocenters. The highest BCUT2D eigenvalue weighted by Crippen LogP contribution is 2.32. The number of aromatic nitrogens is 1. The van der Waals surface area contributed by atoms with Crippen molar-refractivity contribution >= 4 is 11.6 Å². The summed E-state index contributed by atoms with van der Waals surface area (Å²) in [7, 11) is 0. The fraction of sp³-hybridized carbons (Fsp3) is 0.200. The minimum Gasteiger partial charge on any atom is -0.490 e. The summed E-state index contributed by atoms with van der Waals surface area (Å²) in [5.41, 5.74) is 0.276. The van der Waals surface area contributed by atoms with Crippen LogP contribution >= 0.6 is 0 Å². The predicted octanol–water partition coefficient (Wildman–Crippen LogP) is 1.79. The van der Waals surface area contributed by atoms with E-state index in [-0.39, 0.29) is 11.0 Å². The highest BCUT2D eigenvalue weighted by molar-refractivity contribution is 6.04. The zero-order valence-electron chi connectivity index (χ0n) is 11.2. The van der Waals surface area contributed by atoms with Crippen LogP contribution in [-0.2, 0) is 0 Å². The zero-order chi connectivity index (χ0) is 14.7. The Balaban J connectivity index is 1.82. The van der Waals surface area contributed by atoms with E-state index in [1.165, 1.54) is 18.5 Å². The van der Waals surface area contributed by atoms with E-state index in [4.69, 9.17) is 9.47 Å². The number of hydrogen-bond acceptors (Lipinski definition) is 4. The molecule has 108 valence electrons. The smallest absolute Gasteiger partial charge is 0.261 e. The molecule has 6 nitrogen and oxygen atoms in total. The first-order chi connectivity index (χ1) is 10.2. The van der Waals surface area contributed by atoms with E-state index >= 15 is 0 Å². The van der Waals surface area contributed by atoms with Crippen molar-refractivity contribution in [1.29, 1.82) is 0 Å². The van der Waals surface area contributed by atoms with Gasteiger partial charge in [-0.1, -0.05) is 0 Å². The van der Waals surface area contributed by atoms with Crippen LogP contribution in [0.3, 0.4) is 0 Å². The van der Waals surface area contributed by atoms with Crippen molar-refractivity contribution in [3.63, 3.8) is 0 Å². The second-order valence-electron chi connectivity index (χ2n) is 4.59. The number of carbonyl (C=O) groups excluding carboxylic acids is 1. The van der Waals surface area contributed by atoms with Crippen LogP contribution in [0.2, 0.25) is 0 Å². The van der Waals surface area contributed by atoms with Gasteiger partial charge in [-0.15, -0.1) is 0 Å². The lowest BCUT2D eigenvalue weighted by molar-refractivity contribution is 0.102. The van der Waals surface area contributed by atoms with Gasteiger partial charge in [0.2, 0.25) is 0 Å². The van der Waals surface area contributed by atoms with E-state index in [2.05, 4.69) is 10.3 Å².